The Hall–Kier alpha value is -0.340. The van der Waals surface area contributed by atoms with E-state index in [0.717, 1.165) is 0 Å². The summed E-state index contributed by atoms with van der Waals surface area (Å²) in [7, 11) is 0.222. The maximum atomic E-state index is 12.8. The van der Waals surface area contributed by atoms with Crippen LogP contribution >= 0.6 is 26.6 Å². The predicted molar refractivity (Wildman–Crippen MR) is 52.1 cm³/mol. The van der Waals surface area contributed by atoms with Crippen LogP contribution < -0.4 is 0 Å². The summed E-state index contributed by atoms with van der Waals surface area (Å²) in [6.07, 6.45) is -5.01. The molecule has 0 bridgehead atoms. The second-order valence-corrected chi connectivity index (χ2v) is 6.06. The zero-order valence-corrected chi connectivity index (χ0v) is 10.3. The lowest BCUT2D eigenvalue weighted by Gasteiger charge is -2.12. The fourth-order valence-corrected chi connectivity index (χ4v) is 3.60. The van der Waals surface area contributed by atoms with Crippen LogP contribution in [-0.4, -0.2) is 8.42 Å². The highest BCUT2D eigenvalue weighted by atomic mass is 79.9. The molecule has 0 aliphatic carbocycles. The van der Waals surface area contributed by atoms with Crippen molar-refractivity contribution in [1.82, 2.24) is 0 Å². The van der Waals surface area contributed by atoms with Crippen molar-refractivity contribution in [1.29, 1.82) is 0 Å². The van der Waals surface area contributed by atoms with Gasteiger partial charge in [-0.15, -0.1) is 0 Å². The van der Waals surface area contributed by atoms with Gasteiger partial charge in [-0.1, -0.05) is 0 Å². The van der Waals surface area contributed by atoms with E-state index in [4.69, 9.17) is 10.7 Å². The van der Waals surface area contributed by atoms with Gasteiger partial charge < -0.3 is 0 Å². The zero-order valence-electron chi connectivity index (χ0n) is 7.15. The number of rotatable bonds is 1. The Morgan fingerprint density at radius 3 is 2.12 bits per heavy atom. The van der Waals surface area contributed by atoms with Crippen LogP contribution in [0.2, 0.25) is 0 Å². The van der Waals surface area contributed by atoms with E-state index in [1.807, 2.05) is 0 Å². The molecule has 2 nitrogen and oxygen atoms in total. The smallest absolute Gasteiger partial charge is 0.207 e. The van der Waals surface area contributed by atoms with Crippen LogP contribution in [0.5, 0.6) is 0 Å². The number of hydrogen-bond donors (Lipinski definition) is 0. The molecule has 0 unspecified atom stereocenters. The van der Waals surface area contributed by atoms with Gasteiger partial charge in [0.2, 0.25) is 0 Å². The zero-order chi connectivity index (χ0) is 12.7. The maximum absolute atomic E-state index is 12.8. The summed E-state index contributed by atoms with van der Waals surface area (Å²) < 4.78 is 71.4. The van der Waals surface area contributed by atoms with Crippen LogP contribution in [0.1, 0.15) is 5.56 Å². The molecule has 0 saturated heterocycles. The van der Waals surface area contributed by atoms with Gasteiger partial charge in [-0.25, -0.2) is 12.8 Å². The van der Waals surface area contributed by atoms with Gasteiger partial charge in [0.1, 0.15) is 10.7 Å². The van der Waals surface area contributed by atoms with Crippen molar-refractivity contribution >= 4 is 35.7 Å². The Labute approximate surface area is 101 Å². The van der Waals surface area contributed by atoms with Gasteiger partial charge in [0.15, 0.2) is 0 Å². The molecule has 0 atom stereocenters. The molecule has 9 heteroatoms. The van der Waals surface area contributed by atoms with E-state index in [1.165, 1.54) is 0 Å². The highest BCUT2D eigenvalue weighted by Crippen LogP contribution is 2.39. The molecule has 1 aromatic rings. The Morgan fingerprint density at radius 2 is 1.75 bits per heavy atom. The van der Waals surface area contributed by atoms with Crippen molar-refractivity contribution in [3.8, 4) is 0 Å². The van der Waals surface area contributed by atoms with E-state index in [2.05, 4.69) is 15.9 Å². The molecule has 16 heavy (non-hydrogen) atoms. The number of alkyl halides is 3. The largest absolute Gasteiger partial charge is 0.417 e. The standard InChI is InChI=1S/C7H2BrClF4O2S/c8-5-2-3(10)1-4(7(11,12)13)6(5)16(9,14)15/h1-2H. The van der Waals surface area contributed by atoms with Crippen molar-refractivity contribution < 1.29 is 26.0 Å². The Bertz CT molecular complexity index is 526. The van der Waals surface area contributed by atoms with E-state index in [0.29, 0.717) is 6.07 Å². The average Bonchev–Trinajstić information content (AvgIpc) is 1.97. The lowest BCUT2D eigenvalue weighted by atomic mass is 10.2. The van der Waals surface area contributed by atoms with Crippen LogP contribution in [0, 0.1) is 5.82 Å². The molecule has 0 aliphatic heterocycles. The summed E-state index contributed by atoms with van der Waals surface area (Å²) in [6, 6.07) is 0.657. The molecule has 0 spiro atoms. The molecular weight excluding hydrogens is 339 g/mol. The summed E-state index contributed by atoms with van der Waals surface area (Å²) in [6.45, 7) is 0. The van der Waals surface area contributed by atoms with E-state index >= 15 is 0 Å². The maximum Gasteiger partial charge on any atom is 0.417 e. The average molecular weight is 342 g/mol. The SMILES string of the molecule is O=S(=O)(Cl)c1c(Br)cc(F)cc1C(F)(F)F. The molecule has 90 valence electrons. The van der Waals surface area contributed by atoms with Crippen molar-refractivity contribution in [3.05, 3.63) is 28.0 Å². The monoisotopic (exact) mass is 340 g/mol. The third-order valence-corrected chi connectivity index (χ3v) is 3.84. The first-order valence-corrected chi connectivity index (χ1v) is 6.64. The highest BCUT2D eigenvalue weighted by Gasteiger charge is 2.38. The van der Waals surface area contributed by atoms with E-state index < -0.39 is 36.0 Å². The van der Waals surface area contributed by atoms with Gasteiger partial charge in [0.05, 0.1) is 5.56 Å². The second kappa shape index (κ2) is 4.15. The first kappa shape index (κ1) is 13.7. The molecule has 0 aliphatic rings. The second-order valence-electron chi connectivity index (χ2n) is 2.70. The van der Waals surface area contributed by atoms with Crippen molar-refractivity contribution in [2.24, 2.45) is 0 Å². The molecule has 1 aromatic carbocycles. The molecule has 0 aromatic heterocycles. The van der Waals surface area contributed by atoms with Gasteiger partial charge in [-0.2, -0.15) is 13.2 Å². The molecule has 0 heterocycles. The molecular formula is C7H2BrClF4O2S. The first-order chi connectivity index (χ1) is 7.03. The Kier molecular flexibility index (Phi) is 3.56. The van der Waals surface area contributed by atoms with E-state index in [1.54, 1.807) is 0 Å². The molecule has 0 N–H and O–H groups in total. The minimum atomic E-state index is -5.01. The molecule has 0 radical (unpaired) electrons. The lowest BCUT2D eigenvalue weighted by Crippen LogP contribution is -2.12. The summed E-state index contributed by atoms with van der Waals surface area (Å²) in [5.41, 5.74) is -1.64. The van der Waals surface area contributed by atoms with E-state index in [-0.39, 0.29) is 6.07 Å². The molecule has 0 fully saturated rings. The highest BCUT2D eigenvalue weighted by molar-refractivity contribution is 9.10. The normalized spacial score (nSPS) is 12.9. The summed E-state index contributed by atoms with van der Waals surface area (Å²) in [5.74, 6) is -1.22. The Morgan fingerprint density at radius 1 is 1.25 bits per heavy atom. The molecule has 1 rings (SSSR count). The van der Waals surface area contributed by atoms with Crippen LogP contribution in [-0.2, 0) is 15.2 Å². The van der Waals surface area contributed by atoms with Gasteiger partial charge >= 0.3 is 6.18 Å². The number of halogens is 6. The third-order valence-electron chi connectivity index (χ3n) is 1.56. The van der Waals surface area contributed by atoms with Crippen molar-refractivity contribution in [2.45, 2.75) is 11.1 Å². The minimum Gasteiger partial charge on any atom is -0.207 e. The fraction of sp³-hybridized carbons (Fsp3) is 0.143. The van der Waals surface area contributed by atoms with Crippen LogP contribution in [0.4, 0.5) is 17.6 Å². The first-order valence-electron chi connectivity index (χ1n) is 3.54. The minimum absolute atomic E-state index is 0.0695. The number of hydrogen-bond acceptors (Lipinski definition) is 2. The summed E-state index contributed by atoms with van der Waals surface area (Å²) in [5, 5.41) is 0. The Balaban J connectivity index is 3.72. The van der Waals surface area contributed by atoms with Crippen LogP contribution in [0.15, 0.2) is 21.5 Å². The third kappa shape index (κ3) is 2.86. The summed E-state index contributed by atoms with van der Waals surface area (Å²) in [4.78, 5) is -1.19. The quantitative estimate of drug-likeness (QED) is 0.578. The topological polar surface area (TPSA) is 34.1 Å². The number of benzene rings is 1. The predicted octanol–water partition coefficient (Wildman–Crippen LogP) is 3.53. The van der Waals surface area contributed by atoms with Gasteiger partial charge in [-0.05, 0) is 28.1 Å². The van der Waals surface area contributed by atoms with Crippen LogP contribution in [0.3, 0.4) is 0 Å². The molecule has 0 saturated carbocycles. The van der Waals surface area contributed by atoms with Crippen molar-refractivity contribution in [2.75, 3.05) is 0 Å². The lowest BCUT2D eigenvalue weighted by molar-refractivity contribution is -0.140. The van der Waals surface area contributed by atoms with Crippen molar-refractivity contribution in [3.63, 3.8) is 0 Å². The molecule has 0 amide bonds. The van der Waals surface area contributed by atoms with Gasteiger partial charge in [0, 0.05) is 15.2 Å². The van der Waals surface area contributed by atoms with Gasteiger partial charge in [-0.3, -0.25) is 0 Å². The summed E-state index contributed by atoms with van der Waals surface area (Å²) >= 11 is 2.52. The van der Waals surface area contributed by atoms with Crippen LogP contribution in [0.25, 0.3) is 0 Å². The fourth-order valence-electron chi connectivity index (χ4n) is 1.02. The van der Waals surface area contributed by atoms with E-state index in [9.17, 15) is 26.0 Å². The van der Waals surface area contributed by atoms with Gasteiger partial charge in [0.25, 0.3) is 9.05 Å².